The smallest absolute Gasteiger partial charge is 0.255 e. The average Bonchev–Trinajstić information content (AvgIpc) is 3.13. The Labute approximate surface area is 173 Å². The Bertz CT molecular complexity index is 844. The van der Waals surface area contributed by atoms with Crippen molar-refractivity contribution >= 4 is 35.2 Å². The zero-order valence-corrected chi connectivity index (χ0v) is 17.3. The molecule has 1 aliphatic heterocycles. The van der Waals surface area contributed by atoms with Crippen molar-refractivity contribution in [1.82, 2.24) is 10.2 Å². The quantitative estimate of drug-likeness (QED) is 0.765. The van der Waals surface area contributed by atoms with Gasteiger partial charge in [-0.2, -0.15) is 0 Å². The van der Waals surface area contributed by atoms with Crippen molar-refractivity contribution in [2.75, 3.05) is 5.75 Å². The van der Waals surface area contributed by atoms with Gasteiger partial charge in [0.1, 0.15) is 17.2 Å². The van der Waals surface area contributed by atoms with Gasteiger partial charge in [0, 0.05) is 22.4 Å². The number of benzene rings is 2. The van der Waals surface area contributed by atoms with Gasteiger partial charge in [0.25, 0.3) is 5.91 Å². The number of rotatable bonds is 5. The summed E-state index contributed by atoms with van der Waals surface area (Å²) in [5.41, 5.74) is 1.24. The van der Waals surface area contributed by atoms with Crippen LogP contribution in [0.15, 0.2) is 48.5 Å². The first-order valence-corrected chi connectivity index (χ1v) is 10.6. The van der Waals surface area contributed by atoms with Crippen LogP contribution in [0.5, 0.6) is 0 Å². The van der Waals surface area contributed by atoms with Crippen LogP contribution in [0.25, 0.3) is 0 Å². The standard InChI is InChI=1S/C21H22ClFN2O2S/c1-3-13(2)24-19(26)18-12-28-21(15-6-10-17(23)11-7-15)25(18)20(27)14-4-8-16(22)9-5-14/h4-11,13,18,21H,3,12H2,1-2H3,(H,24,26)/t13-,18-,21+/m0/s1. The highest BCUT2D eigenvalue weighted by atomic mass is 35.5. The van der Waals surface area contributed by atoms with Crippen molar-refractivity contribution in [3.8, 4) is 0 Å². The topological polar surface area (TPSA) is 49.4 Å². The molecular weight excluding hydrogens is 399 g/mol. The summed E-state index contributed by atoms with van der Waals surface area (Å²) in [4.78, 5) is 27.7. The molecule has 3 rings (SSSR count). The molecule has 0 radical (unpaired) electrons. The Morgan fingerprint density at radius 3 is 2.46 bits per heavy atom. The van der Waals surface area contributed by atoms with Gasteiger partial charge >= 0.3 is 0 Å². The number of nitrogens with zero attached hydrogens (tertiary/aromatic N) is 1. The Balaban J connectivity index is 1.93. The van der Waals surface area contributed by atoms with Crippen LogP contribution in [0.4, 0.5) is 4.39 Å². The van der Waals surface area contributed by atoms with Gasteiger partial charge in [0.05, 0.1) is 0 Å². The van der Waals surface area contributed by atoms with E-state index in [9.17, 15) is 14.0 Å². The van der Waals surface area contributed by atoms with Crippen LogP contribution in [0.3, 0.4) is 0 Å². The van der Waals surface area contributed by atoms with Crippen LogP contribution in [-0.4, -0.2) is 34.6 Å². The van der Waals surface area contributed by atoms with E-state index in [0.29, 0.717) is 16.3 Å². The van der Waals surface area contributed by atoms with E-state index in [1.807, 2.05) is 13.8 Å². The van der Waals surface area contributed by atoms with Crippen molar-refractivity contribution in [3.05, 3.63) is 70.5 Å². The molecule has 4 nitrogen and oxygen atoms in total. The second-order valence-corrected chi connectivity index (χ2v) is 8.34. The van der Waals surface area contributed by atoms with Crippen molar-refractivity contribution in [1.29, 1.82) is 0 Å². The molecule has 1 fully saturated rings. The molecule has 148 valence electrons. The number of carbonyl (C=O) groups is 2. The van der Waals surface area contributed by atoms with E-state index in [1.54, 1.807) is 41.3 Å². The minimum absolute atomic E-state index is 0.0230. The molecule has 1 heterocycles. The molecule has 3 atom stereocenters. The lowest BCUT2D eigenvalue weighted by molar-refractivity contribution is -0.125. The highest BCUT2D eigenvalue weighted by Gasteiger charge is 2.42. The zero-order valence-electron chi connectivity index (χ0n) is 15.7. The number of halogens is 2. The van der Waals surface area contributed by atoms with Crippen LogP contribution in [0, 0.1) is 5.82 Å². The average molecular weight is 421 g/mol. The first kappa shape index (κ1) is 20.7. The highest BCUT2D eigenvalue weighted by molar-refractivity contribution is 7.99. The van der Waals surface area contributed by atoms with E-state index in [0.717, 1.165) is 12.0 Å². The SMILES string of the molecule is CC[C@H](C)NC(=O)[C@@H]1CS[C@H](c2ccc(F)cc2)N1C(=O)c1ccc(Cl)cc1. The fourth-order valence-electron chi connectivity index (χ4n) is 3.02. The monoisotopic (exact) mass is 420 g/mol. The van der Waals surface area contributed by atoms with Crippen molar-refractivity contribution in [2.45, 2.75) is 37.7 Å². The number of carbonyl (C=O) groups excluding carboxylic acids is 2. The van der Waals surface area contributed by atoms with Crippen LogP contribution in [-0.2, 0) is 4.79 Å². The molecule has 0 aromatic heterocycles. The molecule has 1 saturated heterocycles. The van der Waals surface area contributed by atoms with Gasteiger partial charge in [0.2, 0.25) is 5.91 Å². The summed E-state index contributed by atoms with van der Waals surface area (Å²) < 4.78 is 13.4. The van der Waals surface area contributed by atoms with Gasteiger partial charge in [-0.15, -0.1) is 11.8 Å². The summed E-state index contributed by atoms with van der Waals surface area (Å²) in [6.07, 6.45) is 0.804. The predicted octanol–water partition coefficient (Wildman–Crippen LogP) is 4.65. The number of thioether (sulfide) groups is 1. The normalized spacial score (nSPS) is 20.1. The maximum Gasteiger partial charge on any atom is 0.255 e. The van der Waals surface area contributed by atoms with E-state index in [1.165, 1.54) is 23.9 Å². The van der Waals surface area contributed by atoms with E-state index >= 15 is 0 Å². The van der Waals surface area contributed by atoms with E-state index in [4.69, 9.17) is 11.6 Å². The second kappa shape index (κ2) is 8.97. The Morgan fingerprint density at radius 2 is 1.86 bits per heavy atom. The lowest BCUT2D eigenvalue weighted by Crippen LogP contribution is -2.49. The molecule has 1 N–H and O–H groups in total. The van der Waals surface area contributed by atoms with Crippen LogP contribution < -0.4 is 5.32 Å². The fraction of sp³-hybridized carbons (Fsp3) is 0.333. The van der Waals surface area contributed by atoms with Gasteiger partial charge in [-0.25, -0.2) is 4.39 Å². The van der Waals surface area contributed by atoms with Gasteiger partial charge in [-0.1, -0.05) is 30.7 Å². The largest absolute Gasteiger partial charge is 0.352 e. The van der Waals surface area contributed by atoms with E-state index in [2.05, 4.69) is 5.32 Å². The molecule has 1 aliphatic rings. The molecule has 7 heteroatoms. The molecule has 0 bridgehead atoms. The van der Waals surface area contributed by atoms with E-state index < -0.39 is 6.04 Å². The molecule has 0 saturated carbocycles. The first-order valence-electron chi connectivity index (χ1n) is 9.16. The predicted molar refractivity (Wildman–Crippen MR) is 111 cm³/mol. The van der Waals surface area contributed by atoms with Gasteiger partial charge in [0.15, 0.2) is 0 Å². The van der Waals surface area contributed by atoms with Gasteiger partial charge < -0.3 is 10.2 Å². The van der Waals surface area contributed by atoms with Crippen LogP contribution >= 0.6 is 23.4 Å². The summed E-state index contributed by atoms with van der Waals surface area (Å²) in [5.74, 6) is -0.286. The minimum atomic E-state index is -0.600. The molecule has 2 aromatic rings. The van der Waals surface area contributed by atoms with Crippen molar-refractivity contribution in [2.24, 2.45) is 0 Å². The number of amides is 2. The molecule has 2 amide bonds. The van der Waals surface area contributed by atoms with Crippen LogP contribution in [0.2, 0.25) is 5.02 Å². The molecule has 0 spiro atoms. The van der Waals surface area contributed by atoms with Gasteiger partial charge in [-0.3, -0.25) is 9.59 Å². The Hall–Kier alpha value is -2.05. The number of hydrogen-bond donors (Lipinski definition) is 1. The maximum absolute atomic E-state index is 13.4. The Morgan fingerprint density at radius 1 is 1.21 bits per heavy atom. The summed E-state index contributed by atoms with van der Waals surface area (Å²) in [6.45, 7) is 3.93. The van der Waals surface area contributed by atoms with Crippen molar-refractivity contribution in [3.63, 3.8) is 0 Å². The van der Waals surface area contributed by atoms with Crippen LogP contribution in [0.1, 0.15) is 41.6 Å². The van der Waals surface area contributed by atoms with Gasteiger partial charge in [-0.05, 0) is 55.3 Å². The van der Waals surface area contributed by atoms with Crippen molar-refractivity contribution < 1.29 is 14.0 Å². The number of nitrogens with one attached hydrogen (secondary N) is 1. The second-order valence-electron chi connectivity index (χ2n) is 6.79. The molecule has 28 heavy (non-hydrogen) atoms. The molecule has 0 aliphatic carbocycles. The summed E-state index contributed by atoms with van der Waals surface area (Å²) in [5, 5.41) is 3.14. The molecule has 0 unspecified atom stereocenters. The van der Waals surface area contributed by atoms with E-state index in [-0.39, 0.29) is 29.0 Å². The molecule has 2 aromatic carbocycles. The number of hydrogen-bond acceptors (Lipinski definition) is 3. The minimum Gasteiger partial charge on any atom is -0.352 e. The molecular formula is C21H22ClFN2O2S. The summed E-state index contributed by atoms with van der Waals surface area (Å²) in [6, 6.07) is 12.1. The highest BCUT2D eigenvalue weighted by Crippen LogP contribution is 2.42. The summed E-state index contributed by atoms with van der Waals surface area (Å²) in [7, 11) is 0. The lowest BCUT2D eigenvalue weighted by atomic mass is 10.1. The lowest BCUT2D eigenvalue weighted by Gasteiger charge is -2.30. The first-order chi connectivity index (χ1) is 13.4. The third-order valence-electron chi connectivity index (χ3n) is 4.78. The third kappa shape index (κ3) is 4.50. The summed E-state index contributed by atoms with van der Waals surface area (Å²) >= 11 is 7.44. The maximum atomic E-state index is 13.4. The third-order valence-corrected chi connectivity index (χ3v) is 6.36. The Kier molecular flexibility index (Phi) is 6.62. The zero-order chi connectivity index (χ0) is 20.3. The fourth-order valence-corrected chi connectivity index (χ4v) is 4.58.